The molecule has 5 atom stereocenters. The van der Waals surface area contributed by atoms with Crippen molar-refractivity contribution in [2.75, 3.05) is 13.2 Å². The normalized spacial score (nSPS) is 31.8. The monoisotopic (exact) mass is 330 g/mol. The van der Waals surface area contributed by atoms with Crippen molar-refractivity contribution in [3.63, 3.8) is 0 Å². The van der Waals surface area contributed by atoms with Gasteiger partial charge in [0.15, 0.2) is 6.29 Å². The molecule has 0 unspecified atom stereocenters. The SMILES string of the molecule is CCCCCCCCCO[C@H]1O[C@H](CO)[C@@H](O)[C@H](O)[C@H]1O.[NaH]. The molecule has 6 nitrogen and oxygen atoms in total. The fraction of sp³-hybridized carbons (Fsp3) is 1.00. The Morgan fingerprint density at radius 1 is 0.864 bits per heavy atom. The van der Waals surface area contributed by atoms with E-state index in [0.29, 0.717) is 6.61 Å². The van der Waals surface area contributed by atoms with Gasteiger partial charge in [0.25, 0.3) is 0 Å². The Morgan fingerprint density at radius 3 is 2.05 bits per heavy atom. The third-order valence-electron chi connectivity index (χ3n) is 3.88. The van der Waals surface area contributed by atoms with Crippen molar-refractivity contribution in [1.82, 2.24) is 0 Å². The molecule has 1 aliphatic rings. The van der Waals surface area contributed by atoms with Crippen molar-refractivity contribution in [1.29, 1.82) is 0 Å². The first-order chi connectivity index (χ1) is 10.1. The molecule has 1 rings (SSSR count). The van der Waals surface area contributed by atoms with Crippen LogP contribution in [0, 0.1) is 0 Å². The van der Waals surface area contributed by atoms with Gasteiger partial charge in [0.2, 0.25) is 0 Å². The maximum atomic E-state index is 9.78. The number of hydrogen-bond donors (Lipinski definition) is 4. The van der Waals surface area contributed by atoms with Crippen molar-refractivity contribution in [3.05, 3.63) is 0 Å². The standard InChI is InChI=1S/C15H30O6.Na.H/c1-2-3-4-5-6-7-8-9-20-15-14(19)13(18)12(17)11(10-16)21-15;;/h11-19H,2-10H2,1H3;;/t11-,12-,13+,14-,15+;;/m1../s1. The zero-order valence-electron chi connectivity index (χ0n) is 12.9. The van der Waals surface area contributed by atoms with Gasteiger partial charge in [-0.1, -0.05) is 45.4 Å². The van der Waals surface area contributed by atoms with Gasteiger partial charge >= 0.3 is 29.6 Å². The summed E-state index contributed by atoms with van der Waals surface area (Å²) in [6, 6.07) is 0. The average Bonchev–Trinajstić information content (AvgIpc) is 2.49. The van der Waals surface area contributed by atoms with Gasteiger partial charge in [-0.25, -0.2) is 0 Å². The van der Waals surface area contributed by atoms with Crippen molar-refractivity contribution in [3.8, 4) is 0 Å². The summed E-state index contributed by atoms with van der Waals surface area (Å²) in [6.07, 6.45) is 2.20. The number of unbranched alkanes of at least 4 members (excludes halogenated alkanes) is 6. The number of ether oxygens (including phenoxy) is 2. The summed E-state index contributed by atoms with van der Waals surface area (Å²) in [4.78, 5) is 0. The van der Waals surface area contributed by atoms with Gasteiger partial charge in [-0.15, -0.1) is 0 Å². The van der Waals surface area contributed by atoms with Crippen molar-refractivity contribution >= 4 is 29.6 Å². The van der Waals surface area contributed by atoms with Gasteiger partial charge in [0.1, 0.15) is 24.4 Å². The Morgan fingerprint density at radius 2 is 1.45 bits per heavy atom. The molecule has 128 valence electrons. The molecule has 0 aromatic heterocycles. The molecule has 0 amide bonds. The molecule has 0 bridgehead atoms. The summed E-state index contributed by atoms with van der Waals surface area (Å²) in [5.74, 6) is 0. The summed E-state index contributed by atoms with van der Waals surface area (Å²) in [6.45, 7) is 2.19. The molecule has 0 aromatic rings. The number of aliphatic hydroxyl groups excluding tert-OH is 4. The Kier molecular flexibility index (Phi) is 13.5. The van der Waals surface area contributed by atoms with E-state index in [0.717, 1.165) is 19.3 Å². The molecule has 22 heavy (non-hydrogen) atoms. The van der Waals surface area contributed by atoms with Crippen LogP contribution in [0.2, 0.25) is 0 Å². The number of hydrogen-bond acceptors (Lipinski definition) is 6. The van der Waals surface area contributed by atoms with Crippen LogP contribution in [0.5, 0.6) is 0 Å². The number of aliphatic hydroxyl groups is 4. The summed E-state index contributed by atoms with van der Waals surface area (Å²) < 4.78 is 10.7. The molecule has 0 radical (unpaired) electrons. The fourth-order valence-electron chi connectivity index (χ4n) is 2.46. The molecule has 0 spiro atoms. The van der Waals surface area contributed by atoms with Crippen molar-refractivity contribution in [2.24, 2.45) is 0 Å². The second-order valence-electron chi connectivity index (χ2n) is 5.69. The molecule has 0 saturated carbocycles. The first-order valence-corrected chi connectivity index (χ1v) is 8.04. The zero-order chi connectivity index (χ0) is 15.7. The van der Waals surface area contributed by atoms with Crippen LogP contribution in [0.25, 0.3) is 0 Å². The minimum atomic E-state index is -1.37. The molecule has 0 aliphatic carbocycles. The van der Waals surface area contributed by atoms with Crippen LogP contribution in [-0.4, -0.2) is 93.9 Å². The fourth-order valence-corrected chi connectivity index (χ4v) is 2.46. The molecule has 1 saturated heterocycles. The Labute approximate surface area is 155 Å². The van der Waals surface area contributed by atoms with Crippen LogP contribution in [0.15, 0.2) is 0 Å². The van der Waals surface area contributed by atoms with Crippen LogP contribution in [0.1, 0.15) is 51.9 Å². The summed E-state index contributed by atoms with van der Waals surface area (Å²) in [7, 11) is 0. The van der Waals surface area contributed by atoms with E-state index in [1.807, 2.05) is 0 Å². The molecule has 1 heterocycles. The van der Waals surface area contributed by atoms with Crippen LogP contribution < -0.4 is 0 Å². The maximum absolute atomic E-state index is 9.78. The Balaban J connectivity index is 0.00000441. The van der Waals surface area contributed by atoms with E-state index < -0.39 is 37.3 Å². The first kappa shape index (κ1) is 22.8. The van der Waals surface area contributed by atoms with E-state index in [2.05, 4.69) is 6.92 Å². The minimum absolute atomic E-state index is 0. The van der Waals surface area contributed by atoms with Gasteiger partial charge in [-0.3, -0.25) is 0 Å². The van der Waals surface area contributed by atoms with Crippen LogP contribution >= 0.6 is 0 Å². The predicted octanol–water partition coefficient (Wildman–Crippen LogP) is -0.0950. The molecule has 7 heteroatoms. The van der Waals surface area contributed by atoms with E-state index in [1.54, 1.807) is 0 Å². The molecule has 0 aromatic carbocycles. The van der Waals surface area contributed by atoms with Crippen LogP contribution in [0.3, 0.4) is 0 Å². The van der Waals surface area contributed by atoms with Crippen LogP contribution in [-0.2, 0) is 9.47 Å². The Bertz CT molecular complexity index is 266. The van der Waals surface area contributed by atoms with Gasteiger partial charge < -0.3 is 29.9 Å². The van der Waals surface area contributed by atoms with E-state index in [-0.39, 0.29) is 29.6 Å². The predicted molar refractivity (Wildman–Crippen MR) is 84.9 cm³/mol. The third-order valence-corrected chi connectivity index (χ3v) is 3.88. The van der Waals surface area contributed by atoms with E-state index in [4.69, 9.17) is 14.6 Å². The van der Waals surface area contributed by atoms with Crippen molar-refractivity contribution < 1.29 is 29.9 Å². The number of rotatable bonds is 10. The Hall–Kier alpha value is 0.760. The van der Waals surface area contributed by atoms with Crippen molar-refractivity contribution in [2.45, 2.75) is 82.6 Å². The second-order valence-corrected chi connectivity index (χ2v) is 5.69. The quantitative estimate of drug-likeness (QED) is 0.330. The summed E-state index contributed by atoms with van der Waals surface area (Å²) in [5.41, 5.74) is 0. The van der Waals surface area contributed by atoms with Gasteiger partial charge in [-0.05, 0) is 6.42 Å². The topological polar surface area (TPSA) is 99.4 Å². The van der Waals surface area contributed by atoms with Gasteiger partial charge in [-0.2, -0.15) is 0 Å². The molecular weight excluding hydrogens is 299 g/mol. The first-order valence-electron chi connectivity index (χ1n) is 8.04. The van der Waals surface area contributed by atoms with Gasteiger partial charge in [0.05, 0.1) is 6.61 Å². The molecule has 4 N–H and O–H groups in total. The van der Waals surface area contributed by atoms with E-state index >= 15 is 0 Å². The van der Waals surface area contributed by atoms with Gasteiger partial charge in [0, 0.05) is 6.61 Å². The molecule has 1 aliphatic heterocycles. The third kappa shape index (κ3) is 7.55. The van der Waals surface area contributed by atoms with E-state index in [9.17, 15) is 15.3 Å². The summed E-state index contributed by atoms with van der Waals surface area (Å²) >= 11 is 0. The molecular formula is C15H31NaO6. The second kappa shape index (κ2) is 13.1. The molecule has 1 fully saturated rings. The average molecular weight is 330 g/mol. The summed E-state index contributed by atoms with van der Waals surface area (Å²) in [5, 5.41) is 38.1. The zero-order valence-corrected chi connectivity index (χ0v) is 12.9. The van der Waals surface area contributed by atoms with Crippen LogP contribution in [0.4, 0.5) is 0 Å². The van der Waals surface area contributed by atoms with E-state index in [1.165, 1.54) is 25.7 Å².